The van der Waals surface area contributed by atoms with Crippen LogP contribution in [0.15, 0.2) is 48.5 Å². The van der Waals surface area contributed by atoms with E-state index in [2.05, 4.69) is 11.8 Å². The fourth-order valence-corrected chi connectivity index (χ4v) is 5.17. The van der Waals surface area contributed by atoms with Gasteiger partial charge in [0.25, 0.3) is 5.91 Å². The number of aromatic nitrogens is 4. The predicted molar refractivity (Wildman–Crippen MR) is 145 cm³/mol. The van der Waals surface area contributed by atoms with E-state index in [0.29, 0.717) is 35.2 Å². The minimum absolute atomic E-state index is 0.0777. The number of amides is 1. The second-order valence-electron chi connectivity index (χ2n) is 9.00. The summed E-state index contributed by atoms with van der Waals surface area (Å²) in [4.78, 5) is 27.3. The smallest absolute Gasteiger partial charge is 0.255 e. The molecule has 1 saturated heterocycles. The Morgan fingerprint density at radius 2 is 1.81 bits per heavy atom. The van der Waals surface area contributed by atoms with Crippen molar-refractivity contribution >= 4 is 46.0 Å². The monoisotopic (exact) mass is 522 g/mol. The SMILES string of the molecule is CCCc1nc(N2CCCN(C(=O)c3ccc(Cl)cc3Cl)CC2)c2c(C)nn(-c3ccccc3)c2n1. The van der Waals surface area contributed by atoms with Crippen molar-refractivity contribution in [3.05, 3.63) is 75.7 Å². The Morgan fingerprint density at radius 3 is 2.56 bits per heavy atom. The molecule has 186 valence electrons. The maximum atomic E-state index is 13.2. The van der Waals surface area contributed by atoms with E-state index < -0.39 is 0 Å². The van der Waals surface area contributed by atoms with Gasteiger partial charge >= 0.3 is 0 Å². The summed E-state index contributed by atoms with van der Waals surface area (Å²) in [7, 11) is 0. The normalized spacial score (nSPS) is 14.3. The Kier molecular flexibility index (Phi) is 7.12. The molecule has 1 aliphatic rings. The average Bonchev–Trinajstić information content (AvgIpc) is 3.04. The number of fused-ring (bicyclic) bond motifs is 1. The summed E-state index contributed by atoms with van der Waals surface area (Å²) in [5, 5.41) is 6.68. The Bertz CT molecular complexity index is 1400. The summed E-state index contributed by atoms with van der Waals surface area (Å²) in [6.45, 7) is 6.79. The number of hydrogen-bond donors (Lipinski definition) is 0. The zero-order valence-corrected chi connectivity index (χ0v) is 21.9. The van der Waals surface area contributed by atoms with Crippen molar-refractivity contribution in [2.75, 3.05) is 31.1 Å². The summed E-state index contributed by atoms with van der Waals surface area (Å²) in [5.74, 6) is 1.62. The van der Waals surface area contributed by atoms with Crippen LogP contribution in [0.5, 0.6) is 0 Å². The molecule has 2 aromatic carbocycles. The molecule has 0 aliphatic carbocycles. The van der Waals surface area contributed by atoms with Crippen molar-refractivity contribution in [2.45, 2.75) is 33.1 Å². The molecule has 2 aromatic heterocycles. The van der Waals surface area contributed by atoms with E-state index in [-0.39, 0.29) is 5.91 Å². The largest absolute Gasteiger partial charge is 0.354 e. The molecule has 7 nitrogen and oxygen atoms in total. The van der Waals surface area contributed by atoms with Crippen molar-refractivity contribution in [3.8, 4) is 5.69 Å². The second kappa shape index (κ2) is 10.4. The number of halogens is 2. The van der Waals surface area contributed by atoms with Crippen molar-refractivity contribution in [1.82, 2.24) is 24.6 Å². The summed E-state index contributed by atoms with van der Waals surface area (Å²) >= 11 is 12.3. The Hall–Kier alpha value is -3.16. The molecule has 0 radical (unpaired) electrons. The zero-order valence-electron chi connectivity index (χ0n) is 20.4. The molecule has 1 fully saturated rings. The lowest BCUT2D eigenvalue weighted by molar-refractivity contribution is 0.0767. The van der Waals surface area contributed by atoms with E-state index in [1.54, 1.807) is 18.2 Å². The highest BCUT2D eigenvalue weighted by atomic mass is 35.5. The van der Waals surface area contributed by atoms with Crippen molar-refractivity contribution < 1.29 is 4.79 Å². The third-order valence-electron chi connectivity index (χ3n) is 6.45. The maximum Gasteiger partial charge on any atom is 0.255 e. The number of aryl methyl sites for hydroxylation is 2. The number of benzene rings is 2. The molecule has 1 amide bonds. The first-order valence-corrected chi connectivity index (χ1v) is 13.0. The van der Waals surface area contributed by atoms with Gasteiger partial charge in [-0.25, -0.2) is 14.6 Å². The van der Waals surface area contributed by atoms with Crippen LogP contribution in [0.4, 0.5) is 5.82 Å². The van der Waals surface area contributed by atoms with Crippen LogP contribution in [0, 0.1) is 6.92 Å². The van der Waals surface area contributed by atoms with Gasteiger partial charge in [-0.3, -0.25) is 4.79 Å². The molecule has 0 bridgehead atoms. The minimum Gasteiger partial charge on any atom is -0.354 e. The highest BCUT2D eigenvalue weighted by Crippen LogP contribution is 2.30. The Labute approximate surface area is 220 Å². The fourth-order valence-electron chi connectivity index (χ4n) is 4.68. The first-order chi connectivity index (χ1) is 17.5. The van der Waals surface area contributed by atoms with Crippen LogP contribution in [0.2, 0.25) is 10.0 Å². The first-order valence-electron chi connectivity index (χ1n) is 12.3. The van der Waals surface area contributed by atoms with Crippen LogP contribution in [0.25, 0.3) is 16.7 Å². The van der Waals surface area contributed by atoms with E-state index in [9.17, 15) is 4.79 Å². The predicted octanol–water partition coefficient (Wildman–Crippen LogP) is 5.74. The molecule has 3 heterocycles. The van der Waals surface area contributed by atoms with Crippen LogP contribution < -0.4 is 4.90 Å². The van der Waals surface area contributed by atoms with Gasteiger partial charge in [0.1, 0.15) is 11.6 Å². The summed E-state index contributed by atoms with van der Waals surface area (Å²) in [5.41, 5.74) is 3.15. The second-order valence-corrected chi connectivity index (χ2v) is 9.85. The van der Waals surface area contributed by atoms with E-state index >= 15 is 0 Å². The summed E-state index contributed by atoms with van der Waals surface area (Å²) < 4.78 is 1.91. The molecular weight excluding hydrogens is 495 g/mol. The zero-order chi connectivity index (χ0) is 25.2. The number of nitrogens with zero attached hydrogens (tertiary/aromatic N) is 6. The molecule has 0 atom stereocenters. The van der Waals surface area contributed by atoms with Crippen molar-refractivity contribution in [1.29, 1.82) is 0 Å². The number of carbonyl (C=O) groups excluding carboxylic acids is 1. The summed E-state index contributed by atoms with van der Waals surface area (Å²) in [6, 6.07) is 15.1. The molecule has 4 aromatic rings. The van der Waals surface area contributed by atoms with Gasteiger partial charge in [-0.1, -0.05) is 48.3 Å². The molecule has 5 rings (SSSR count). The van der Waals surface area contributed by atoms with Crippen LogP contribution in [0.3, 0.4) is 0 Å². The standard InChI is InChI=1S/C27H28Cl2N6O/c1-3-8-23-30-25(24-18(2)32-35(26(24)31-23)20-9-5-4-6-10-20)33-13-7-14-34(16-15-33)27(36)21-12-11-19(28)17-22(21)29/h4-6,9-12,17H,3,7-8,13-16H2,1-2H3. The average molecular weight is 523 g/mol. The lowest BCUT2D eigenvalue weighted by Gasteiger charge is -2.24. The summed E-state index contributed by atoms with van der Waals surface area (Å²) in [6.07, 6.45) is 2.56. The van der Waals surface area contributed by atoms with Crippen LogP contribution in [-0.2, 0) is 6.42 Å². The Balaban J connectivity index is 1.49. The van der Waals surface area contributed by atoms with Crippen LogP contribution >= 0.6 is 23.2 Å². The third-order valence-corrected chi connectivity index (χ3v) is 7.00. The van der Waals surface area contributed by atoms with Gasteiger partial charge in [-0.2, -0.15) is 5.10 Å². The van der Waals surface area contributed by atoms with Gasteiger partial charge in [0.15, 0.2) is 5.65 Å². The highest BCUT2D eigenvalue weighted by Gasteiger charge is 2.26. The van der Waals surface area contributed by atoms with E-state index in [4.69, 9.17) is 38.3 Å². The molecule has 1 aliphatic heterocycles. The number of hydrogen-bond acceptors (Lipinski definition) is 5. The van der Waals surface area contributed by atoms with Crippen molar-refractivity contribution in [3.63, 3.8) is 0 Å². The van der Waals surface area contributed by atoms with E-state index in [1.165, 1.54) is 0 Å². The van der Waals surface area contributed by atoms with Gasteiger partial charge in [-0.15, -0.1) is 0 Å². The van der Waals surface area contributed by atoms with E-state index in [0.717, 1.165) is 59.9 Å². The lowest BCUT2D eigenvalue weighted by atomic mass is 10.2. The van der Waals surface area contributed by atoms with E-state index in [1.807, 2.05) is 46.8 Å². The van der Waals surface area contributed by atoms with Gasteiger partial charge in [0.2, 0.25) is 0 Å². The number of rotatable bonds is 5. The topological polar surface area (TPSA) is 67.2 Å². The van der Waals surface area contributed by atoms with Gasteiger partial charge in [0, 0.05) is 37.6 Å². The van der Waals surface area contributed by atoms with Gasteiger partial charge in [-0.05, 0) is 50.1 Å². The minimum atomic E-state index is -0.0777. The molecule has 0 N–H and O–H groups in total. The fraction of sp³-hybridized carbons (Fsp3) is 0.333. The van der Waals surface area contributed by atoms with Gasteiger partial charge in [0.05, 0.1) is 27.4 Å². The third kappa shape index (κ3) is 4.77. The molecular formula is C27H28Cl2N6O. The molecule has 9 heteroatoms. The van der Waals surface area contributed by atoms with Crippen molar-refractivity contribution in [2.24, 2.45) is 0 Å². The molecule has 36 heavy (non-hydrogen) atoms. The Morgan fingerprint density at radius 1 is 1.00 bits per heavy atom. The molecule has 0 unspecified atom stereocenters. The lowest BCUT2D eigenvalue weighted by Crippen LogP contribution is -2.35. The van der Waals surface area contributed by atoms with Crippen LogP contribution in [-0.4, -0.2) is 56.7 Å². The number of para-hydroxylation sites is 1. The molecule has 0 saturated carbocycles. The quantitative estimate of drug-likeness (QED) is 0.334. The van der Waals surface area contributed by atoms with Gasteiger partial charge < -0.3 is 9.80 Å². The molecule has 0 spiro atoms. The maximum absolute atomic E-state index is 13.2. The number of anilines is 1. The highest BCUT2D eigenvalue weighted by molar-refractivity contribution is 6.36. The first kappa shape index (κ1) is 24.5. The number of carbonyl (C=O) groups is 1. The van der Waals surface area contributed by atoms with Crippen LogP contribution in [0.1, 0.15) is 41.6 Å².